The normalized spacial score (nSPS) is 24.6. The van der Waals surface area contributed by atoms with Crippen LogP contribution in [-0.4, -0.2) is 46.2 Å². The van der Waals surface area contributed by atoms with E-state index in [0.29, 0.717) is 29.9 Å². The summed E-state index contributed by atoms with van der Waals surface area (Å²) in [7, 11) is 0. The Morgan fingerprint density at radius 1 is 1.21 bits per heavy atom. The summed E-state index contributed by atoms with van der Waals surface area (Å²) >= 11 is 0. The molecular formula is C20H19FN6O2. The number of alkyl halides is 1. The highest BCUT2D eigenvalue weighted by Gasteiger charge is 2.41. The first-order chi connectivity index (χ1) is 14.0. The van der Waals surface area contributed by atoms with E-state index < -0.39 is 23.5 Å². The van der Waals surface area contributed by atoms with Crippen molar-refractivity contribution in [2.75, 3.05) is 24.5 Å². The topological polar surface area (TPSA) is 91.6 Å². The summed E-state index contributed by atoms with van der Waals surface area (Å²) in [6.07, 6.45) is 3.67. The molecule has 2 N–H and O–H groups in total. The van der Waals surface area contributed by atoms with Gasteiger partial charge in [-0.2, -0.15) is 5.10 Å². The number of nitrogens with zero attached hydrogens (tertiary/aromatic N) is 4. The van der Waals surface area contributed by atoms with Gasteiger partial charge in [-0.15, -0.1) is 0 Å². The number of rotatable bonds is 3. The highest BCUT2D eigenvalue weighted by Crippen LogP contribution is 2.39. The molecule has 3 amide bonds. The Bertz CT molecular complexity index is 1100. The zero-order valence-corrected chi connectivity index (χ0v) is 15.5. The number of carbonyl (C=O) groups is 2. The Hall–Kier alpha value is -3.49. The average Bonchev–Trinajstić information content (AvgIpc) is 3.35. The maximum Gasteiger partial charge on any atom is 0.321 e. The second-order valence-electron chi connectivity index (χ2n) is 7.40. The van der Waals surface area contributed by atoms with Crippen LogP contribution in [0.25, 0.3) is 5.65 Å². The van der Waals surface area contributed by atoms with E-state index in [-0.39, 0.29) is 13.1 Å². The molecule has 29 heavy (non-hydrogen) atoms. The van der Waals surface area contributed by atoms with Crippen molar-refractivity contribution < 1.29 is 14.0 Å². The third-order valence-corrected chi connectivity index (χ3v) is 5.59. The smallest absolute Gasteiger partial charge is 0.321 e. The maximum atomic E-state index is 15.7. The average molecular weight is 394 g/mol. The van der Waals surface area contributed by atoms with Crippen molar-refractivity contribution in [3.8, 4) is 0 Å². The van der Waals surface area contributed by atoms with Crippen LogP contribution in [-0.2, 0) is 10.5 Å². The summed E-state index contributed by atoms with van der Waals surface area (Å²) in [5.74, 6) is -1.03. The largest absolute Gasteiger partial charge is 0.365 e. The molecule has 8 nitrogen and oxygen atoms in total. The van der Waals surface area contributed by atoms with Crippen molar-refractivity contribution in [3.05, 3.63) is 60.0 Å². The van der Waals surface area contributed by atoms with E-state index in [1.165, 1.54) is 0 Å². The number of urea groups is 1. The fraction of sp³-hybridized carbons (Fsp3) is 0.300. The minimum Gasteiger partial charge on any atom is -0.365 e. The zero-order valence-electron chi connectivity index (χ0n) is 15.5. The van der Waals surface area contributed by atoms with Crippen LogP contribution in [0.3, 0.4) is 0 Å². The Kier molecular flexibility index (Phi) is 3.97. The number of fused-ring (bicyclic) bond motifs is 1. The lowest BCUT2D eigenvalue weighted by molar-refractivity contribution is -0.122. The first kappa shape index (κ1) is 17.6. The quantitative estimate of drug-likeness (QED) is 0.706. The summed E-state index contributed by atoms with van der Waals surface area (Å²) in [6, 6.07) is 10.4. The van der Waals surface area contributed by atoms with Crippen molar-refractivity contribution in [1.82, 2.24) is 25.2 Å². The summed E-state index contributed by atoms with van der Waals surface area (Å²) in [5.41, 5.74) is 1.03. The van der Waals surface area contributed by atoms with Crippen LogP contribution in [0.4, 0.5) is 14.9 Å². The lowest BCUT2D eigenvalue weighted by Crippen LogP contribution is -2.51. The van der Waals surface area contributed by atoms with E-state index in [4.69, 9.17) is 0 Å². The number of anilines is 1. The van der Waals surface area contributed by atoms with E-state index in [9.17, 15) is 9.59 Å². The van der Waals surface area contributed by atoms with Crippen molar-refractivity contribution >= 4 is 23.3 Å². The number of hydrogen-bond donors (Lipinski definition) is 2. The zero-order chi connectivity index (χ0) is 20.0. The van der Waals surface area contributed by atoms with Gasteiger partial charge >= 0.3 is 6.03 Å². The number of hydrogen-bond acceptors (Lipinski definition) is 5. The minimum absolute atomic E-state index is 0.161. The van der Waals surface area contributed by atoms with Gasteiger partial charge < -0.3 is 10.2 Å². The second-order valence-corrected chi connectivity index (χ2v) is 7.40. The van der Waals surface area contributed by atoms with Gasteiger partial charge in [-0.1, -0.05) is 30.3 Å². The van der Waals surface area contributed by atoms with Crippen molar-refractivity contribution in [1.29, 1.82) is 0 Å². The molecule has 148 valence electrons. The molecule has 0 aliphatic carbocycles. The summed E-state index contributed by atoms with van der Waals surface area (Å²) in [6.45, 7) is 0.871. The highest BCUT2D eigenvalue weighted by atomic mass is 19.1. The van der Waals surface area contributed by atoms with Gasteiger partial charge in [0.05, 0.1) is 23.8 Å². The SMILES string of the molecule is O=C1NCC(c2cc(N3CCC(F)(c4ccccc4)C3)c3nccn3n2)C(=O)N1. The monoisotopic (exact) mass is 394 g/mol. The van der Waals surface area contributed by atoms with E-state index in [1.54, 1.807) is 23.0 Å². The fourth-order valence-electron chi connectivity index (χ4n) is 4.04. The highest BCUT2D eigenvalue weighted by molar-refractivity contribution is 6.00. The molecule has 2 fully saturated rings. The lowest BCUT2D eigenvalue weighted by atomic mass is 9.95. The molecule has 1 aromatic carbocycles. The van der Waals surface area contributed by atoms with Gasteiger partial charge in [0.15, 0.2) is 11.3 Å². The molecule has 3 aromatic rings. The molecule has 5 rings (SSSR count). The van der Waals surface area contributed by atoms with Gasteiger partial charge in [0.25, 0.3) is 0 Å². The number of amides is 3. The molecule has 0 bridgehead atoms. The van der Waals surface area contributed by atoms with Gasteiger partial charge in [-0.25, -0.2) is 18.7 Å². The molecule has 2 saturated heterocycles. The van der Waals surface area contributed by atoms with Crippen LogP contribution in [0.15, 0.2) is 48.8 Å². The van der Waals surface area contributed by atoms with Crippen molar-refractivity contribution in [2.24, 2.45) is 0 Å². The van der Waals surface area contributed by atoms with Crippen LogP contribution < -0.4 is 15.5 Å². The van der Waals surface area contributed by atoms with E-state index >= 15 is 4.39 Å². The second kappa shape index (κ2) is 6.54. The van der Waals surface area contributed by atoms with Crippen LogP contribution in [0.5, 0.6) is 0 Å². The summed E-state index contributed by atoms with van der Waals surface area (Å²) in [4.78, 5) is 30.0. The maximum absolute atomic E-state index is 15.7. The molecule has 2 atom stereocenters. The fourth-order valence-corrected chi connectivity index (χ4v) is 4.04. The molecule has 0 radical (unpaired) electrons. The number of halogens is 1. The van der Waals surface area contributed by atoms with E-state index in [2.05, 4.69) is 20.7 Å². The Morgan fingerprint density at radius 3 is 2.83 bits per heavy atom. The molecule has 0 spiro atoms. The summed E-state index contributed by atoms with van der Waals surface area (Å²) in [5, 5.41) is 9.37. The number of nitrogens with one attached hydrogen (secondary N) is 2. The van der Waals surface area contributed by atoms with E-state index in [0.717, 1.165) is 5.69 Å². The van der Waals surface area contributed by atoms with Crippen molar-refractivity contribution in [3.63, 3.8) is 0 Å². The Labute approximate surface area is 165 Å². The predicted molar refractivity (Wildman–Crippen MR) is 103 cm³/mol. The number of imidazole rings is 1. The molecule has 2 unspecified atom stereocenters. The van der Waals surface area contributed by atoms with Gasteiger partial charge in [0, 0.05) is 31.9 Å². The Morgan fingerprint density at radius 2 is 2.03 bits per heavy atom. The van der Waals surface area contributed by atoms with Gasteiger partial charge in [0.2, 0.25) is 5.91 Å². The summed E-state index contributed by atoms with van der Waals surface area (Å²) < 4.78 is 17.3. The molecule has 9 heteroatoms. The number of benzene rings is 1. The molecule has 2 aromatic heterocycles. The molecule has 4 heterocycles. The third kappa shape index (κ3) is 2.98. The van der Waals surface area contributed by atoms with Gasteiger partial charge in [0.1, 0.15) is 0 Å². The van der Waals surface area contributed by atoms with Crippen LogP contribution in [0.1, 0.15) is 23.6 Å². The molecular weight excluding hydrogens is 375 g/mol. The van der Waals surface area contributed by atoms with Gasteiger partial charge in [-0.3, -0.25) is 10.1 Å². The van der Waals surface area contributed by atoms with E-state index in [1.807, 2.05) is 35.2 Å². The molecule has 0 saturated carbocycles. The van der Waals surface area contributed by atoms with Crippen LogP contribution in [0.2, 0.25) is 0 Å². The Balaban J connectivity index is 1.51. The number of aromatic nitrogens is 3. The predicted octanol–water partition coefficient (Wildman–Crippen LogP) is 1.73. The third-order valence-electron chi connectivity index (χ3n) is 5.59. The first-order valence-corrected chi connectivity index (χ1v) is 9.46. The number of imide groups is 1. The minimum atomic E-state index is -1.45. The lowest BCUT2D eigenvalue weighted by Gasteiger charge is -2.25. The molecule has 2 aliphatic heterocycles. The van der Waals surface area contributed by atoms with Crippen LogP contribution in [0, 0.1) is 0 Å². The first-order valence-electron chi connectivity index (χ1n) is 9.46. The van der Waals surface area contributed by atoms with Gasteiger partial charge in [-0.05, 0) is 11.6 Å². The number of carbonyl (C=O) groups excluding carboxylic acids is 2. The van der Waals surface area contributed by atoms with Crippen molar-refractivity contribution in [2.45, 2.75) is 18.0 Å². The standard InChI is InChI=1S/C20H19FN6O2/c21-20(13-4-2-1-3-5-13)6-8-26(12-20)16-10-15(25-27-9-7-22-17(16)27)14-11-23-19(29)24-18(14)28/h1-5,7,9-10,14H,6,8,11-12H2,(H2,23,24,28,29). The van der Waals surface area contributed by atoms with Crippen LogP contribution >= 0.6 is 0 Å². The molecule has 2 aliphatic rings.